The Balaban J connectivity index is 1.73. The van der Waals surface area contributed by atoms with Crippen LogP contribution >= 0.6 is 0 Å². The number of ether oxygens (including phenoxy) is 1. The molecule has 3 rings (SSSR count). The van der Waals surface area contributed by atoms with Gasteiger partial charge in [-0.3, -0.25) is 4.79 Å². The molecule has 0 aliphatic rings. The molecule has 136 valence electrons. The van der Waals surface area contributed by atoms with Crippen molar-refractivity contribution < 1.29 is 14.6 Å². The molecule has 0 aliphatic heterocycles. The van der Waals surface area contributed by atoms with E-state index >= 15 is 0 Å². The standard InChI is InChI=1S/C19H22N4O3/c1-22(2)16(13-6-8-14(26-3)9-7-13)11-20-19(25)15-12-23-10-4-5-17(24)18(23)21-15/h4-10,12,16,24H,11H2,1-3H3,(H,20,25). The molecule has 0 saturated heterocycles. The minimum atomic E-state index is -0.284. The highest BCUT2D eigenvalue weighted by Gasteiger charge is 2.18. The van der Waals surface area contributed by atoms with Gasteiger partial charge in [0.25, 0.3) is 5.91 Å². The smallest absolute Gasteiger partial charge is 0.271 e. The van der Waals surface area contributed by atoms with Crippen LogP contribution in [0.2, 0.25) is 0 Å². The maximum Gasteiger partial charge on any atom is 0.271 e. The van der Waals surface area contributed by atoms with Gasteiger partial charge in [-0.15, -0.1) is 0 Å². The molecular weight excluding hydrogens is 332 g/mol. The molecule has 2 heterocycles. The van der Waals surface area contributed by atoms with Crippen LogP contribution in [0, 0.1) is 0 Å². The van der Waals surface area contributed by atoms with Gasteiger partial charge in [-0.1, -0.05) is 12.1 Å². The van der Waals surface area contributed by atoms with E-state index in [4.69, 9.17) is 4.74 Å². The van der Waals surface area contributed by atoms with Gasteiger partial charge in [0.2, 0.25) is 0 Å². The molecule has 0 fully saturated rings. The third kappa shape index (κ3) is 3.62. The quantitative estimate of drug-likeness (QED) is 0.709. The largest absolute Gasteiger partial charge is 0.504 e. The number of pyridine rings is 1. The van der Waals surface area contributed by atoms with Gasteiger partial charge in [0.05, 0.1) is 13.2 Å². The van der Waals surface area contributed by atoms with E-state index in [-0.39, 0.29) is 23.4 Å². The molecule has 1 amide bonds. The number of methoxy groups -OCH3 is 1. The highest BCUT2D eigenvalue weighted by Crippen LogP contribution is 2.21. The average molecular weight is 354 g/mol. The first-order chi connectivity index (χ1) is 12.5. The fourth-order valence-electron chi connectivity index (χ4n) is 2.81. The van der Waals surface area contributed by atoms with Crippen LogP contribution in [0.3, 0.4) is 0 Å². The molecule has 1 aromatic carbocycles. The van der Waals surface area contributed by atoms with Crippen LogP contribution in [-0.2, 0) is 0 Å². The van der Waals surface area contributed by atoms with Gasteiger partial charge in [-0.05, 0) is 43.9 Å². The molecule has 1 unspecified atom stereocenters. The number of fused-ring (bicyclic) bond motifs is 1. The summed E-state index contributed by atoms with van der Waals surface area (Å²) in [6, 6.07) is 11.0. The van der Waals surface area contributed by atoms with Crippen LogP contribution in [0.25, 0.3) is 5.65 Å². The summed E-state index contributed by atoms with van der Waals surface area (Å²) in [6.07, 6.45) is 3.33. The SMILES string of the molecule is COc1ccc(C(CNC(=O)c2cn3cccc(O)c3n2)N(C)C)cc1. The summed E-state index contributed by atoms with van der Waals surface area (Å²) in [7, 11) is 5.55. The minimum Gasteiger partial charge on any atom is -0.504 e. The number of likely N-dealkylation sites (N-methyl/N-ethyl adjacent to an activating group) is 1. The molecule has 0 spiro atoms. The molecule has 0 radical (unpaired) electrons. The lowest BCUT2D eigenvalue weighted by Crippen LogP contribution is -2.34. The summed E-state index contributed by atoms with van der Waals surface area (Å²) in [4.78, 5) is 18.7. The van der Waals surface area contributed by atoms with Crippen molar-refractivity contribution in [3.05, 3.63) is 60.0 Å². The van der Waals surface area contributed by atoms with Crippen molar-refractivity contribution in [2.45, 2.75) is 6.04 Å². The van der Waals surface area contributed by atoms with Crippen molar-refractivity contribution in [2.24, 2.45) is 0 Å². The van der Waals surface area contributed by atoms with E-state index in [0.717, 1.165) is 11.3 Å². The minimum absolute atomic E-state index is 0.00953. The normalized spacial score (nSPS) is 12.3. The third-order valence-corrected chi connectivity index (χ3v) is 4.27. The average Bonchev–Trinajstić information content (AvgIpc) is 3.08. The summed E-state index contributed by atoms with van der Waals surface area (Å²) >= 11 is 0. The van der Waals surface area contributed by atoms with Crippen LogP contribution in [0.5, 0.6) is 11.5 Å². The topological polar surface area (TPSA) is 79.1 Å². The number of hydrogen-bond acceptors (Lipinski definition) is 5. The maximum atomic E-state index is 12.5. The van der Waals surface area contributed by atoms with Gasteiger partial charge < -0.3 is 24.5 Å². The molecule has 7 heteroatoms. The zero-order chi connectivity index (χ0) is 18.7. The zero-order valence-corrected chi connectivity index (χ0v) is 15.0. The third-order valence-electron chi connectivity index (χ3n) is 4.27. The van der Waals surface area contributed by atoms with Gasteiger partial charge in [-0.25, -0.2) is 4.98 Å². The first-order valence-corrected chi connectivity index (χ1v) is 8.25. The molecule has 3 aromatic rings. The molecular formula is C19H22N4O3. The van der Waals surface area contributed by atoms with E-state index in [9.17, 15) is 9.90 Å². The van der Waals surface area contributed by atoms with Gasteiger partial charge in [0.15, 0.2) is 11.4 Å². The highest BCUT2D eigenvalue weighted by atomic mass is 16.5. The number of nitrogens with zero attached hydrogens (tertiary/aromatic N) is 3. The first-order valence-electron chi connectivity index (χ1n) is 8.25. The van der Waals surface area contributed by atoms with E-state index in [1.165, 1.54) is 6.07 Å². The van der Waals surface area contributed by atoms with Crippen LogP contribution in [-0.4, -0.2) is 53.0 Å². The lowest BCUT2D eigenvalue weighted by Gasteiger charge is -2.25. The van der Waals surface area contributed by atoms with Crippen molar-refractivity contribution in [3.8, 4) is 11.5 Å². The molecule has 2 N–H and O–H groups in total. The highest BCUT2D eigenvalue weighted by molar-refractivity contribution is 5.93. The summed E-state index contributed by atoms with van der Waals surface area (Å²) in [5.74, 6) is 0.546. The molecule has 1 atom stereocenters. The van der Waals surface area contributed by atoms with Gasteiger partial charge in [0, 0.05) is 18.9 Å². The van der Waals surface area contributed by atoms with E-state index in [1.54, 1.807) is 30.0 Å². The number of nitrogens with one attached hydrogen (secondary N) is 1. The predicted octanol–water partition coefficient (Wildman–Crippen LogP) is 2.08. The summed E-state index contributed by atoms with van der Waals surface area (Å²) < 4.78 is 6.81. The zero-order valence-electron chi connectivity index (χ0n) is 15.0. The van der Waals surface area contributed by atoms with Crippen LogP contribution in [0.1, 0.15) is 22.1 Å². The monoisotopic (exact) mass is 354 g/mol. The Morgan fingerprint density at radius 1 is 1.31 bits per heavy atom. The van der Waals surface area contributed by atoms with E-state index in [1.807, 2.05) is 43.3 Å². The number of carbonyl (C=O) groups is 1. The molecule has 26 heavy (non-hydrogen) atoms. The number of aromatic nitrogens is 2. The van der Waals surface area contributed by atoms with Crippen molar-refractivity contribution in [2.75, 3.05) is 27.7 Å². The Morgan fingerprint density at radius 2 is 2.04 bits per heavy atom. The fourth-order valence-corrected chi connectivity index (χ4v) is 2.81. The van der Waals surface area contributed by atoms with Crippen molar-refractivity contribution in [1.29, 1.82) is 0 Å². The van der Waals surface area contributed by atoms with E-state index < -0.39 is 0 Å². The molecule has 2 aromatic heterocycles. The summed E-state index contributed by atoms with van der Waals surface area (Å²) in [5, 5.41) is 12.7. The summed E-state index contributed by atoms with van der Waals surface area (Å²) in [5.41, 5.74) is 1.69. The van der Waals surface area contributed by atoms with Crippen LogP contribution in [0.15, 0.2) is 48.8 Å². The molecule has 0 saturated carbocycles. The lowest BCUT2D eigenvalue weighted by atomic mass is 10.1. The van der Waals surface area contributed by atoms with Crippen LogP contribution in [0.4, 0.5) is 0 Å². The van der Waals surface area contributed by atoms with Crippen molar-refractivity contribution >= 4 is 11.6 Å². The Bertz CT molecular complexity index is 903. The number of imidazole rings is 1. The number of carbonyl (C=O) groups excluding carboxylic acids is 1. The Labute approximate surface area is 151 Å². The molecule has 0 bridgehead atoms. The Morgan fingerprint density at radius 3 is 2.65 bits per heavy atom. The number of aromatic hydroxyl groups is 1. The number of benzene rings is 1. The fraction of sp³-hybridized carbons (Fsp3) is 0.263. The molecule has 7 nitrogen and oxygen atoms in total. The molecule has 0 aliphatic carbocycles. The van der Waals surface area contributed by atoms with Gasteiger partial charge in [0.1, 0.15) is 11.4 Å². The van der Waals surface area contributed by atoms with Gasteiger partial charge in [-0.2, -0.15) is 0 Å². The van der Waals surface area contributed by atoms with E-state index in [2.05, 4.69) is 10.3 Å². The number of hydrogen-bond donors (Lipinski definition) is 2. The first kappa shape index (κ1) is 17.8. The van der Waals surface area contributed by atoms with Crippen molar-refractivity contribution in [3.63, 3.8) is 0 Å². The Kier molecular flexibility index (Phi) is 5.09. The van der Waals surface area contributed by atoms with Crippen LogP contribution < -0.4 is 10.1 Å². The summed E-state index contributed by atoms with van der Waals surface area (Å²) in [6.45, 7) is 0.429. The number of rotatable bonds is 6. The second-order valence-corrected chi connectivity index (χ2v) is 6.21. The Hall–Kier alpha value is -3.06. The van der Waals surface area contributed by atoms with Gasteiger partial charge >= 0.3 is 0 Å². The predicted molar refractivity (Wildman–Crippen MR) is 98.6 cm³/mol. The van der Waals surface area contributed by atoms with E-state index in [0.29, 0.717) is 12.2 Å². The lowest BCUT2D eigenvalue weighted by molar-refractivity contribution is 0.0937. The van der Waals surface area contributed by atoms with Crippen molar-refractivity contribution in [1.82, 2.24) is 19.6 Å². The second-order valence-electron chi connectivity index (χ2n) is 6.21. The number of amides is 1. The maximum absolute atomic E-state index is 12.5. The second kappa shape index (κ2) is 7.45.